The van der Waals surface area contributed by atoms with E-state index in [4.69, 9.17) is 4.74 Å². The van der Waals surface area contributed by atoms with Crippen LogP contribution in [-0.4, -0.2) is 39.9 Å². The van der Waals surface area contributed by atoms with Crippen molar-refractivity contribution in [3.8, 4) is 11.4 Å². The van der Waals surface area contributed by atoms with Crippen LogP contribution >= 0.6 is 0 Å². The predicted molar refractivity (Wildman–Crippen MR) is 86.5 cm³/mol. The molecule has 1 unspecified atom stereocenters. The number of methoxy groups -OCH3 is 1. The van der Waals surface area contributed by atoms with E-state index >= 15 is 0 Å². The van der Waals surface area contributed by atoms with E-state index in [1.807, 2.05) is 25.1 Å². The quantitative estimate of drug-likeness (QED) is 0.842. The molecular formula is C17H19N3O4. The van der Waals surface area contributed by atoms with Gasteiger partial charge in [-0.05, 0) is 49.4 Å². The van der Waals surface area contributed by atoms with Crippen molar-refractivity contribution in [1.29, 1.82) is 0 Å². The van der Waals surface area contributed by atoms with Gasteiger partial charge in [-0.3, -0.25) is 4.79 Å². The molecule has 1 heterocycles. The zero-order chi connectivity index (χ0) is 17.3. The molecule has 1 aromatic carbocycles. The van der Waals surface area contributed by atoms with Crippen molar-refractivity contribution in [2.75, 3.05) is 7.11 Å². The molecular weight excluding hydrogens is 310 g/mol. The van der Waals surface area contributed by atoms with Gasteiger partial charge in [0.15, 0.2) is 5.69 Å². The van der Waals surface area contributed by atoms with E-state index in [2.05, 4.69) is 10.4 Å². The molecule has 24 heavy (non-hydrogen) atoms. The Balaban J connectivity index is 1.81. The zero-order valence-corrected chi connectivity index (χ0v) is 13.5. The molecule has 1 aliphatic rings. The molecule has 7 heteroatoms. The summed E-state index contributed by atoms with van der Waals surface area (Å²) in [6.45, 7) is 1.95. The third-order valence-electron chi connectivity index (χ3n) is 4.05. The fourth-order valence-electron chi connectivity index (χ4n) is 2.58. The van der Waals surface area contributed by atoms with Gasteiger partial charge in [0.1, 0.15) is 17.5 Å². The number of amides is 1. The second-order valence-corrected chi connectivity index (χ2v) is 5.95. The summed E-state index contributed by atoms with van der Waals surface area (Å²) in [6.07, 6.45) is 3.30. The number of carboxylic acids is 1. The van der Waals surface area contributed by atoms with Gasteiger partial charge in [0.05, 0.1) is 7.11 Å². The minimum absolute atomic E-state index is 0.0189. The molecule has 3 rings (SSSR count). The van der Waals surface area contributed by atoms with Crippen LogP contribution in [-0.2, 0) is 4.79 Å². The van der Waals surface area contributed by atoms with E-state index in [1.54, 1.807) is 24.1 Å². The Morgan fingerprint density at radius 2 is 2.12 bits per heavy atom. The van der Waals surface area contributed by atoms with Crippen molar-refractivity contribution in [2.45, 2.75) is 25.8 Å². The molecule has 7 nitrogen and oxygen atoms in total. The maximum absolute atomic E-state index is 12.3. The number of carboxylic acid groups (broad SMARTS) is 1. The Morgan fingerprint density at radius 1 is 1.38 bits per heavy atom. The molecule has 0 radical (unpaired) electrons. The van der Waals surface area contributed by atoms with E-state index in [0.29, 0.717) is 11.4 Å². The minimum Gasteiger partial charge on any atom is -0.494 e. The average Bonchev–Trinajstić information content (AvgIpc) is 3.27. The Labute approximate surface area is 139 Å². The van der Waals surface area contributed by atoms with Crippen LogP contribution < -0.4 is 10.1 Å². The average molecular weight is 329 g/mol. The van der Waals surface area contributed by atoms with Crippen LogP contribution in [0.3, 0.4) is 0 Å². The van der Waals surface area contributed by atoms with Crippen molar-refractivity contribution in [3.05, 3.63) is 41.7 Å². The Morgan fingerprint density at radius 3 is 2.75 bits per heavy atom. The summed E-state index contributed by atoms with van der Waals surface area (Å²) in [4.78, 5) is 23.5. The second kappa shape index (κ2) is 6.35. The van der Waals surface area contributed by atoms with Gasteiger partial charge < -0.3 is 15.2 Å². The minimum atomic E-state index is -1.01. The molecule has 126 valence electrons. The molecule has 1 saturated carbocycles. The second-order valence-electron chi connectivity index (χ2n) is 5.95. The highest BCUT2D eigenvalue weighted by molar-refractivity contribution is 5.95. The number of aromatic nitrogens is 2. The number of hydrogen-bond donors (Lipinski definition) is 2. The van der Waals surface area contributed by atoms with Crippen LogP contribution in [0.1, 0.15) is 28.9 Å². The van der Waals surface area contributed by atoms with E-state index in [9.17, 15) is 14.7 Å². The fraction of sp³-hybridized carbons (Fsp3) is 0.353. The van der Waals surface area contributed by atoms with Gasteiger partial charge in [0.25, 0.3) is 5.91 Å². The van der Waals surface area contributed by atoms with Crippen LogP contribution in [0, 0.1) is 12.8 Å². The number of ether oxygens (including phenoxy) is 1. The summed E-state index contributed by atoms with van der Waals surface area (Å²) >= 11 is 0. The maximum Gasteiger partial charge on any atom is 0.326 e. The normalized spacial score (nSPS) is 14.9. The van der Waals surface area contributed by atoms with Gasteiger partial charge in [-0.1, -0.05) is 6.07 Å². The molecule has 2 aromatic rings. The lowest BCUT2D eigenvalue weighted by Gasteiger charge is -2.12. The molecule has 0 bridgehead atoms. The number of benzene rings is 1. The van der Waals surface area contributed by atoms with Crippen LogP contribution in [0.4, 0.5) is 0 Å². The van der Waals surface area contributed by atoms with Crippen LogP contribution in [0.2, 0.25) is 0 Å². The largest absolute Gasteiger partial charge is 0.494 e. The third-order valence-corrected chi connectivity index (χ3v) is 4.05. The van der Waals surface area contributed by atoms with Crippen molar-refractivity contribution >= 4 is 11.9 Å². The summed E-state index contributed by atoms with van der Waals surface area (Å²) < 4.78 is 6.87. The van der Waals surface area contributed by atoms with Gasteiger partial charge in [-0.25, -0.2) is 9.48 Å². The summed E-state index contributed by atoms with van der Waals surface area (Å²) in [5.41, 5.74) is 1.92. The van der Waals surface area contributed by atoms with Crippen LogP contribution in [0.5, 0.6) is 5.75 Å². The predicted octanol–water partition coefficient (Wildman–Crippen LogP) is 1.78. The summed E-state index contributed by atoms with van der Waals surface area (Å²) in [7, 11) is 1.57. The smallest absolute Gasteiger partial charge is 0.326 e. The number of aryl methyl sites for hydroxylation is 1. The van der Waals surface area contributed by atoms with E-state index in [1.165, 1.54) is 0 Å². The zero-order valence-electron chi connectivity index (χ0n) is 13.5. The number of aliphatic carboxylic acids is 1. The van der Waals surface area contributed by atoms with E-state index in [-0.39, 0.29) is 11.6 Å². The standard InChI is InChI=1S/C17H19N3O4/c1-10-3-6-14(24-2)13(9-10)20-8-7-12(19-20)16(21)18-15(17(22)23)11-4-5-11/h3,6-9,11,15H,4-5H2,1-2H3,(H,18,21)(H,22,23). The van der Waals surface area contributed by atoms with Crippen molar-refractivity contribution in [1.82, 2.24) is 15.1 Å². The van der Waals surface area contributed by atoms with E-state index < -0.39 is 17.9 Å². The summed E-state index contributed by atoms with van der Waals surface area (Å²) in [6, 6.07) is 6.36. The van der Waals surface area contributed by atoms with Crippen molar-refractivity contribution < 1.29 is 19.4 Å². The molecule has 0 spiro atoms. The Kier molecular flexibility index (Phi) is 4.24. The van der Waals surface area contributed by atoms with Crippen LogP contribution in [0.15, 0.2) is 30.5 Å². The van der Waals surface area contributed by atoms with Crippen molar-refractivity contribution in [2.24, 2.45) is 5.92 Å². The topological polar surface area (TPSA) is 93.5 Å². The Hall–Kier alpha value is -2.83. The lowest BCUT2D eigenvalue weighted by Crippen LogP contribution is -2.42. The number of nitrogens with one attached hydrogen (secondary N) is 1. The molecule has 1 fully saturated rings. The van der Waals surface area contributed by atoms with Gasteiger partial charge in [-0.15, -0.1) is 0 Å². The third kappa shape index (κ3) is 3.24. The molecule has 1 aromatic heterocycles. The molecule has 1 aliphatic carbocycles. The molecule has 0 saturated heterocycles. The van der Waals surface area contributed by atoms with E-state index in [0.717, 1.165) is 18.4 Å². The number of carbonyl (C=O) groups excluding carboxylic acids is 1. The van der Waals surface area contributed by atoms with Gasteiger partial charge >= 0.3 is 5.97 Å². The van der Waals surface area contributed by atoms with Crippen molar-refractivity contribution in [3.63, 3.8) is 0 Å². The lowest BCUT2D eigenvalue weighted by atomic mass is 10.2. The van der Waals surface area contributed by atoms with Gasteiger partial charge in [-0.2, -0.15) is 5.10 Å². The molecule has 1 atom stereocenters. The van der Waals surface area contributed by atoms with Crippen LogP contribution in [0.25, 0.3) is 5.69 Å². The molecule has 0 aliphatic heterocycles. The highest BCUT2D eigenvalue weighted by Crippen LogP contribution is 2.32. The van der Waals surface area contributed by atoms with Gasteiger partial charge in [0.2, 0.25) is 0 Å². The number of carbonyl (C=O) groups is 2. The number of hydrogen-bond acceptors (Lipinski definition) is 4. The first-order chi connectivity index (χ1) is 11.5. The first kappa shape index (κ1) is 16.0. The van der Waals surface area contributed by atoms with Gasteiger partial charge in [0, 0.05) is 6.20 Å². The first-order valence-corrected chi connectivity index (χ1v) is 7.74. The first-order valence-electron chi connectivity index (χ1n) is 7.74. The monoisotopic (exact) mass is 329 g/mol. The summed E-state index contributed by atoms with van der Waals surface area (Å²) in [5, 5.41) is 16.0. The SMILES string of the molecule is COc1ccc(C)cc1-n1ccc(C(=O)NC(C(=O)O)C2CC2)n1. The maximum atomic E-state index is 12.3. The number of nitrogens with zero attached hydrogens (tertiary/aromatic N) is 2. The highest BCUT2D eigenvalue weighted by atomic mass is 16.5. The number of rotatable bonds is 6. The Bertz CT molecular complexity index is 780. The molecule has 1 amide bonds. The molecule has 2 N–H and O–H groups in total. The summed E-state index contributed by atoms with van der Waals surface area (Å²) in [5.74, 6) is -0.840. The highest BCUT2D eigenvalue weighted by Gasteiger charge is 2.37. The fourth-order valence-corrected chi connectivity index (χ4v) is 2.58. The lowest BCUT2D eigenvalue weighted by molar-refractivity contribution is -0.139.